The van der Waals surface area contributed by atoms with Crippen LogP contribution in [-0.4, -0.2) is 22.5 Å². The van der Waals surface area contributed by atoms with E-state index in [0.29, 0.717) is 6.04 Å². The number of nitrogens with one attached hydrogen (secondary N) is 1. The van der Waals surface area contributed by atoms with Crippen LogP contribution in [0.2, 0.25) is 0 Å². The summed E-state index contributed by atoms with van der Waals surface area (Å²) in [5, 5.41) is 3.31. The fourth-order valence-corrected chi connectivity index (χ4v) is 1.79. The van der Waals surface area contributed by atoms with Crippen molar-refractivity contribution in [1.29, 1.82) is 0 Å². The number of pyridine rings is 1. The van der Waals surface area contributed by atoms with Crippen molar-refractivity contribution >= 4 is 23.3 Å². The molecule has 78 valence electrons. The Hall–Kier alpha value is -0.900. The highest BCUT2D eigenvalue weighted by Crippen LogP contribution is 2.11. The van der Waals surface area contributed by atoms with Crippen LogP contribution in [0.15, 0.2) is 18.3 Å². The molecule has 0 aliphatic carbocycles. The van der Waals surface area contributed by atoms with Gasteiger partial charge in [-0.15, -0.1) is 0 Å². The van der Waals surface area contributed by atoms with Crippen LogP contribution in [0, 0.1) is 0 Å². The maximum absolute atomic E-state index is 5.65. The lowest BCUT2D eigenvalue weighted by Gasteiger charge is -2.13. The SMILES string of the molecule is CCSCC(C)Nc1cc(N)ccn1. The predicted octanol–water partition coefficient (Wildman–Crippen LogP) is 2.22. The maximum Gasteiger partial charge on any atom is 0.128 e. The third-order valence-electron chi connectivity index (χ3n) is 1.75. The molecule has 0 saturated carbocycles. The van der Waals surface area contributed by atoms with Crippen LogP contribution in [0.25, 0.3) is 0 Å². The van der Waals surface area contributed by atoms with Crippen molar-refractivity contribution in [2.24, 2.45) is 0 Å². The van der Waals surface area contributed by atoms with E-state index in [0.717, 1.165) is 23.0 Å². The Morgan fingerprint density at radius 3 is 3.07 bits per heavy atom. The predicted molar refractivity (Wildman–Crippen MR) is 64.7 cm³/mol. The van der Waals surface area contributed by atoms with E-state index in [1.165, 1.54) is 0 Å². The Labute approximate surface area is 89.5 Å². The smallest absolute Gasteiger partial charge is 0.128 e. The van der Waals surface area contributed by atoms with E-state index in [-0.39, 0.29) is 0 Å². The van der Waals surface area contributed by atoms with Crippen LogP contribution in [-0.2, 0) is 0 Å². The molecule has 1 aromatic heterocycles. The molecular weight excluding hydrogens is 194 g/mol. The van der Waals surface area contributed by atoms with Crippen molar-refractivity contribution in [3.05, 3.63) is 18.3 Å². The van der Waals surface area contributed by atoms with E-state index in [4.69, 9.17) is 5.73 Å². The van der Waals surface area contributed by atoms with E-state index in [9.17, 15) is 0 Å². The quantitative estimate of drug-likeness (QED) is 0.784. The Morgan fingerprint density at radius 1 is 1.64 bits per heavy atom. The molecule has 3 nitrogen and oxygen atoms in total. The molecule has 1 unspecified atom stereocenters. The molecule has 0 radical (unpaired) electrons. The molecule has 0 aliphatic rings. The van der Waals surface area contributed by atoms with E-state index in [1.54, 1.807) is 12.3 Å². The van der Waals surface area contributed by atoms with Gasteiger partial charge in [0.15, 0.2) is 0 Å². The van der Waals surface area contributed by atoms with Crippen LogP contribution >= 0.6 is 11.8 Å². The summed E-state index contributed by atoms with van der Waals surface area (Å²) in [6, 6.07) is 4.07. The molecule has 0 aliphatic heterocycles. The largest absolute Gasteiger partial charge is 0.399 e. The fraction of sp³-hybridized carbons (Fsp3) is 0.500. The summed E-state index contributed by atoms with van der Waals surface area (Å²) in [6.07, 6.45) is 1.72. The number of rotatable bonds is 5. The summed E-state index contributed by atoms with van der Waals surface area (Å²) in [4.78, 5) is 4.19. The summed E-state index contributed by atoms with van der Waals surface area (Å²) < 4.78 is 0. The van der Waals surface area contributed by atoms with Gasteiger partial charge < -0.3 is 11.1 Å². The number of aromatic nitrogens is 1. The van der Waals surface area contributed by atoms with Gasteiger partial charge in [-0.1, -0.05) is 6.92 Å². The van der Waals surface area contributed by atoms with Crippen LogP contribution in [0.4, 0.5) is 11.5 Å². The van der Waals surface area contributed by atoms with Gasteiger partial charge in [-0.25, -0.2) is 4.98 Å². The molecule has 1 atom stereocenters. The van der Waals surface area contributed by atoms with Gasteiger partial charge in [-0.2, -0.15) is 11.8 Å². The van der Waals surface area contributed by atoms with Gasteiger partial charge in [0.2, 0.25) is 0 Å². The minimum atomic E-state index is 0.425. The second-order valence-corrected chi connectivity index (χ2v) is 4.50. The lowest BCUT2D eigenvalue weighted by Crippen LogP contribution is -2.18. The second kappa shape index (κ2) is 5.75. The molecule has 4 heteroatoms. The van der Waals surface area contributed by atoms with Gasteiger partial charge in [-0.3, -0.25) is 0 Å². The van der Waals surface area contributed by atoms with E-state index < -0.39 is 0 Å². The number of nitrogens with zero attached hydrogens (tertiary/aromatic N) is 1. The molecule has 1 heterocycles. The standard InChI is InChI=1S/C10H17N3S/c1-3-14-7-8(2)13-10-6-9(11)4-5-12-10/h4-6,8H,3,7H2,1-2H3,(H3,11,12,13). The number of thioether (sulfide) groups is 1. The van der Waals surface area contributed by atoms with Crippen molar-refractivity contribution in [2.45, 2.75) is 19.9 Å². The second-order valence-electron chi connectivity index (χ2n) is 3.18. The van der Waals surface area contributed by atoms with E-state index >= 15 is 0 Å². The minimum Gasteiger partial charge on any atom is -0.399 e. The summed E-state index contributed by atoms with van der Waals surface area (Å²) in [5.41, 5.74) is 6.40. The summed E-state index contributed by atoms with van der Waals surface area (Å²) in [5.74, 6) is 3.10. The zero-order chi connectivity index (χ0) is 10.4. The summed E-state index contributed by atoms with van der Waals surface area (Å²) in [7, 11) is 0. The minimum absolute atomic E-state index is 0.425. The van der Waals surface area contributed by atoms with Crippen molar-refractivity contribution < 1.29 is 0 Å². The Morgan fingerprint density at radius 2 is 2.43 bits per heavy atom. The topological polar surface area (TPSA) is 50.9 Å². The van der Waals surface area contributed by atoms with Crippen LogP contribution in [0.1, 0.15) is 13.8 Å². The molecule has 0 saturated heterocycles. The first-order valence-corrected chi connectivity index (χ1v) is 5.93. The average Bonchev–Trinajstić information content (AvgIpc) is 2.15. The first kappa shape index (κ1) is 11.2. The molecule has 1 aromatic rings. The zero-order valence-corrected chi connectivity index (χ0v) is 9.47. The number of nitrogens with two attached hydrogens (primary N) is 1. The van der Waals surface area contributed by atoms with Crippen LogP contribution < -0.4 is 11.1 Å². The highest BCUT2D eigenvalue weighted by Gasteiger charge is 2.02. The Balaban J connectivity index is 2.43. The lowest BCUT2D eigenvalue weighted by atomic mass is 10.3. The van der Waals surface area contributed by atoms with Gasteiger partial charge in [0.1, 0.15) is 5.82 Å². The number of hydrogen-bond acceptors (Lipinski definition) is 4. The maximum atomic E-state index is 5.65. The molecule has 0 aromatic carbocycles. The molecular formula is C10H17N3S. The highest BCUT2D eigenvalue weighted by atomic mass is 32.2. The molecule has 1 rings (SSSR count). The number of hydrogen-bond donors (Lipinski definition) is 2. The summed E-state index contributed by atoms with van der Waals surface area (Å²) in [6.45, 7) is 4.31. The van der Waals surface area contributed by atoms with Crippen molar-refractivity contribution in [1.82, 2.24) is 4.98 Å². The molecule has 0 bridgehead atoms. The van der Waals surface area contributed by atoms with E-state index in [2.05, 4.69) is 24.1 Å². The first-order chi connectivity index (χ1) is 6.72. The third kappa shape index (κ3) is 3.87. The zero-order valence-electron chi connectivity index (χ0n) is 8.66. The van der Waals surface area contributed by atoms with Crippen molar-refractivity contribution in [2.75, 3.05) is 22.6 Å². The normalized spacial score (nSPS) is 12.4. The van der Waals surface area contributed by atoms with Gasteiger partial charge in [0.05, 0.1) is 0 Å². The lowest BCUT2D eigenvalue weighted by molar-refractivity contribution is 0.902. The van der Waals surface area contributed by atoms with E-state index in [1.807, 2.05) is 17.8 Å². The van der Waals surface area contributed by atoms with Crippen molar-refractivity contribution in [3.63, 3.8) is 0 Å². The van der Waals surface area contributed by atoms with Gasteiger partial charge in [-0.05, 0) is 18.7 Å². The van der Waals surface area contributed by atoms with Gasteiger partial charge >= 0.3 is 0 Å². The monoisotopic (exact) mass is 211 g/mol. The van der Waals surface area contributed by atoms with Crippen LogP contribution in [0.3, 0.4) is 0 Å². The third-order valence-corrected chi connectivity index (χ3v) is 2.89. The van der Waals surface area contributed by atoms with Crippen LogP contribution in [0.5, 0.6) is 0 Å². The van der Waals surface area contributed by atoms with Gasteiger partial charge in [0, 0.05) is 29.7 Å². The number of nitrogen functional groups attached to an aromatic ring is 1. The molecule has 3 N–H and O–H groups in total. The molecule has 0 amide bonds. The molecule has 14 heavy (non-hydrogen) atoms. The Kier molecular flexibility index (Phi) is 4.59. The Bertz CT molecular complexity index is 278. The fourth-order valence-electron chi connectivity index (χ4n) is 1.11. The molecule has 0 spiro atoms. The first-order valence-electron chi connectivity index (χ1n) is 4.78. The van der Waals surface area contributed by atoms with Crippen molar-refractivity contribution in [3.8, 4) is 0 Å². The summed E-state index contributed by atoms with van der Waals surface area (Å²) >= 11 is 1.92. The average molecular weight is 211 g/mol. The number of anilines is 2. The highest BCUT2D eigenvalue weighted by molar-refractivity contribution is 7.99. The van der Waals surface area contributed by atoms with Gasteiger partial charge in [0.25, 0.3) is 0 Å². The molecule has 0 fully saturated rings.